The van der Waals surface area contributed by atoms with Gasteiger partial charge in [0.05, 0.1) is 12.1 Å². The van der Waals surface area contributed by atoms with E-state index in [4.69, 9.17) is 10.2 Å². The maximum absolute atomic E-state index is 12.7. The van der Waals surface area contributed by atoms with Crippen molar-refractivity contribution in [2.24, 2.45) is 5.73 Å². The molecule has 1 aliphatic heterocycles. The van der Waals surface area contributed by atoms with E-state index in [0.29, 0.717) is 43.1 Å². The van der Waals surface area contributed by atoms with Gasteiger partial charge in [-0.3, -0.25) is 9.59 Å². The van der Waals surface area contributed by atoms with Gasteiger partial charge in [0.25, 0.3) is 11.8 Å². The standard InChI is InChI=1S/C19H23N3O3/c1-14-4-2-5-15(10-14)18(23)21-6-3-7-22(9-8-21)19(24)16-11-17(12-20)25-13-16/h2,4-5,10-11,13H,3,6-9,12,20H2,1H3. The minimum absolute atomic E-state index is 0.0201. The summed E-state index contributed by atoms with van der Waals surface area (Å²) < 4.78 is 5.25. The van der Waals surface area contributed by atoms with Gasteiger partial charge >= 0.3 is 0 Å². The summed E-state index contributed by atoms with van der Waals surface area (Å²) in [4.78, 5) is 28.9. The quantitative estimate of drug-likeness (QED) is 0.926. The van der Waals surface area contributed by atoms with Gasteiger partial charge in [-0.1, -0.05) is 17.7 Å². The lowest BCUT2D eigenvalue weighted by atomic mass is 10.1. The van der Waals surface area contributed by atoms with Crippen molar-refractivity contribution in [1.82, 2.24) is 9.80 Å². The molecule has 2 N–H and O–H groups in total. The van der Waals surface area contributed by atoms with Crippen LogP contribution in [0.1, 0.15) is 38.5 Å². The normalized spacial score (nSPS) is 15.1. The summed E-state index contributed by atoms with van der Waals surface area (Å²) in [5.41, 5.74) is 7.79. The Bertz CT molecular complexity index is 769. The van der Waals surface area contributed by atoms with Gasteiger partial charge in [0.15, 0.2) is 0 Å². The lowest BCUT2D eigenvalue weighted by Crippen LogP contribution is -2.37. The van der Waals surface area contributed by atoms with Crippen molar-refractivity contribution in [3.8, 4) is 0 Å². The van der Waals surface area contributed by atoms with Crippen molar-refractivity contribution in [2.75, 3.05) is 26.2 Å². The molecule has 0 bridgehead atoms. The molecule has 1 aromatic carbocycles. The highest BCUT2D eigenvalue weighted by Crippen LogP contribution is 2.14. The molecule has 0 spiro atoms. The second-order valence-electron chi connectivity index (χ2n) is 6.31. The Hall–Kier alpha value is -2.60. The van der Waals surface area contributed by atoms with Crippen molar-refractivity contribution < 1.29 is 14.0 Å². The van der Waals surface area contributed by atoms with Gasteiger partial charge in [0, 0.05) is 31.7 Å². The van der Waals surface area contributed by atoms with Crippen molar-refractivity contribution >= 4 is 11.8 Å². The van der Waals surface area contributed by atoms with Gasteiger partial charge < -0.3 is 20.0 Å². The average molecular weight is 341 g/mol. The van der Waals surface area contributed by atoms with Crippen LogP contribution in [0.15, 0.2) is 41.0 Å². The molecule has 132 valence electrons. The number of hydrogen-bond acceptors (Lipinski definition) is 4. The van der Waals surface area contributed by atoms with Crippen LogP contribution < -0.4 is 5.73 Å². The summed E-state index contributed by atoms with van der Waals surface area (Å²) >= 11 is 0. The molecule has 25 heavy (non-hydrogen) atoms. The number of benzene rings is 1. The zero-order valence-electron chi connectivity index (χ0n) is 14.4. The van der Waals surface area contributed by atoms with Crippen LogP contribution in [-0.4, -0.2) is 47.8 Å². The second kappa shape index (κ2) is 7.53. The fourth-order valence-corrected chi connectivity index (χ4v) is 3.07. The van der Waals surface area contributed by atoms with E-state index in [1.54, 1.807) is 11.0 Å². The van der Waals surface area contributed by atoms with E-state index in [-0.39, 0.29) is 18.4 Å². The Morgan fingerprint density at radius 3 is 2.32 bits per heavy atom. The highest BCUT2D eigenvalue weighted by atomic mass is 16.3. The molecule has 2 heterocycles. The average Bonchev–Trinajstić information content (AvgIpc) is 2.97. The third-order valence-electron chi connectivity index (χ3n) is 4.44. The van der Waals surface area contributed by atoms with Crippen LogP contribution in [0, 0.1) is 6.92 Å². The van der Waals surface area contributed by atoms with Crippen LogP contribution in [0.4, 0.5) is 0 Å². The molecule has 0 unspecified atom stereocenters. The van der Waals surface area contributed by atoms with E-state index in [0.717, 1.165) is 12.0 Å². The third-order valence-corrected chi connectivity index (χ3v) is 4.44. The summed E-state index contributed by atoms with van der Waals surface area (Å²) in [6.45, 7) is 4.56. The van der Waals surface area contributed by atoms with Crippen LogP contribution >= 0.6 is 0 Å². The molecule has 0 radical (unpaired) electrons. The molecule has 0 aliphatic carbocycles. The first-order valence-electron chi connectivity index (χ1n) is 8.51. The van der Waals surface area contributed by atoms with E-state index >= 15 is 0 Å². The van der Waals surface area contributed by atoms with Gasteiger partial charge in [0.1, 0.15) is 12.0 Å². The van der Waals surface area contributed by atoms with Gasteiger partial charge in [-0.05, 0) is 31.5 Å². The first-order valence-corrected chi connectivity index (χ1v) is 8.51. The molecule has 6 nitrogen and oxygen atoms in total. The van der Waals surface area contributed by atoms with Crippen molar-refractivity contribution in [3.05, 3.63) is 59.0 Å². The molecule has 6 heteroatoms. The lowest BCUT2D eigenvalue weighted by Gasteiger charge is -2.22. The number of nitrogens with zero attached hydrogens (tertiary/aromatic N) is 2. The van der Waals surface area contributed by atoms with Crippen LogP contribution in [0.2, 0.25) is 0 Å². The number of aryl methyl sites for hydroxylation is 1. The van der Waals surface area contributed by atoms with Gasteiger partial charge in [-0.15, -0.1) is 0 Å². The molecule has 1 fully saturated rings. The Kier molecular flexibility index (Phi) is 5.19. The van der Waals surface area contributed by atoms with Crippen molar-refractivity contribution in [3.63, 3.8) is 0 Å². The topological polar surface area (TPSA) is 79.8 Å². The Labute approximate surface area is 147 Å². The molecule has 0 saturated carbocycles. The van der Waals surface area contributed by atoms with Gasteiger partial charge in [-0.2, -0.15) is 0 Å². The SMILES string of the molecule is Cc1cccc(C(=O)N2CCCN(C(=O)c3coc(CN)c3)CC2)c1. The molecule has 1 aliphatic rings. The highest BCUT2D eigenvalue weighted by molar-refractivity contribution is 5.95. The Morgan fingerprint density at radius 2 is 1.72 bits per heavy atom. The largest absolute Gasteiger partial charge is 0.467 e. The van der Waals surface area contributed by atoms with Crippen LogP contribution in [0.3, 0.4) is 0 Å². The minimum atomic E-state index is -0.0756. The van der Waals surface area contributed by atoms with Crippen LogP contribution in [0.25, 0.3) is 0 Å². The predicted octanol–water partition coefficient (Wildman–Crippen LogP) is 2.04. The summed E-state index contributed by atoms with van der Waals surface area (Å²) in [6.07, 6.45) is 2.20. The highest BCUT2D eigenvalue weighted by Gasteiger charge is 2.24. The van der Waals surface area contributed by atoms with Crippen LogP contribution in [-0.2, 0) is 6.54 Å². The fourth-order valence-electron chi connectivity index (χ4n) is 3.07. The Morgan fingerprint density at radius 1 is 1.04 bits per heavy atom. The van der Waals surface area contributed by atoms with Gasteiger partial charge in [-0.25, -0.2) is 0 Å². The minimum Gasteiger partial charge on any atom is -0.467 e. The van der Waals surface area contributed by atoms with E-state index in [9.17, 15) is 9.59 Å². The number of carbonyl (C=O) groups excluding carboxylic acids is 2. The summed E-state index contributed by atoms with van der Waals surface area (Å²) in [7, 11) is 0. The number of amides is 2. The number of hydrogen-bond donors (Lipinski definition) is 1. The van der Waals surface area contributed by atoms with Crippen molar-refractivity contribution in [1.29, 1.82) is 0 Å². The van der Waals surface area contributed by atoms with E-state index in [1.165, 1.54) is 6.26 Å². The number of furan rings is 1. The monoisotopic (exact) mass is 341 g/mol. The maximum atomic E-state index is 12.7. The number of rotatable bonds is 3. The third kappa shape index (κ3) is 3.91. The first-order chi connectivity index (χ1) is 12.1. The first kappa shape index (κ1) is 17.2. The molecular formula is C19H23N3O3. The van der Waals surface area contributed by atoms with Crippen molar-refractivity contribution in [2.45, 2.75) is 19.9 Å². The number of carbonyl (C=O) groups is 2. The van der Waals surface area contributed by atoms with Crippen LogP contribution in [0.5, 0.6) is 0 Å². The molecular weight excluding hydrogens is 318 g/mol. The zero-order chi connectivity index (χ0) is 17.8. The molecule has 0 atom stereocenters. The Balaban J connectivity index is 1.65. The van der Waals surface area contributed by atoms with E-state index < -0.39 is 0 Å². The molecule has 1 aromatic heterocycles. The summed E-state index contributed by atoms with van der Waals surface area (Å²) in [5.74, 6) is 0.537. The predicted molar refractivity (Wildman–Crippen MR) is 94.2 cm³/mol. The second-order valence-corrected chi connectivity index (χ2v) is 6.31. The lowest BCUT2D eigenvalue weighted by molar-refractivity contribution is 0.0718. The van der Waals surface area contributed by atoms with E-state index in [2.05, 4.69) is 0 Å². The zero-order valence-corrected chi connectivity index (χ0v) is 14.4. The maximum Gasteiger partial charge on any atom is 0.257 e. The molecule has 3 rings (SSSR count). The molecule has 1 saturated heterocycles. The molecule has 2 aromatic rings. The molecule has 2 amide bonds. The summed E-state index contributed by atoms with van der Waals surface area (Å²) in [5, 5.41) is 0. The van der Waals surface area contributed by atoms with E-state index in [1.807, 2.05) is 36.1 Å². The number of nitrogens with two attached hydrogens (primary N) is 1. The summed E-state index contributed by atoms with van der Waals surface area (Å²) in [6, 6.07) is 9.28. The fraction of sp³-hybridized carbons (Fsp3) is 0.368. The smallest absolute Gasteiger partial charge is 0.257 e. The van der Waals surface area contributed by atoms with Gasteiger partial charge in [0.2, 0.25) is 0 Å².